The largest absolute Gasteiger partial charge is 0.394 e. The zero-order valence-electron chi connectivity index (χ0n) is 14.1. The van der Waals surface area contributed by atoms with E-state index in [0.717, 1.165) is 12.8 Å². The Labute approximate surface area is 148 Å². The number of nitrogens with zero attached hydrogens (tertiary/aromatic N) is 5. The van der Waals surface area contributed by atoms with Crippen molar-refractivity contribution in [2.45, 2.75) is 43.0 Å². The average molecular weight is 362 g/mol. The molecule has 2 aliphatic rings. The maximum absolute atomic E-state index is 15.3. The molecule has 10 heteroatoms. The number of nitrogens with two attached hydrogens (primary N) is 1. The molecule has 138 valence electrons. The fraction of sp³-hybridized carbons (Fsp3) is 0.562. The van der Waals surface area contributed by atoms with Gasteiger partial charge in [0.25, 0.3) is 0 Å². The second-order valence-corrected chi connectivity index (χ2v) is 6.64. The highest BCUT2D eigenvalue weighted by Gasteiger charge is 2.57. The zero-order chi connectivity index (χ0) is 18.6. The Morgan fingerprint density at radius 2 is 2.27 bits per heavy atom. The van der Waals surface area contributed by atoms with E-state index in [2.05, 4.69) is 15.0 Å². The Morgan fingerprint density at radius 1 is 1.54 bits per heavy atom. The molecule has 0 aromatic carbocycles. The summed E-state index contributed by atoms with van der Waals surface area (Å²) in [5.41, 5.74) is 3.96. The minimum absolute atomic E-state index is 0.00386. The normalized spacial score (nSPS) is 31.3. The topological polar surface area (TPSA) is 123 Å². The van der Waals surface area contributed by atoms with Crippen molar-refractivity contribution in [3.05, 3.63) is 6.33 Å². The van der Waals surface area contributed by atoms with Crippen molar-refractivity contribution in [2.75, 3.05) is 24.3 Å². The lowest BCUT2D eigenvalue weighted by Crippen LogP contribution is -2.42. The van der Waals surface area contributed by atoms with E-state index < -0.39 is 30.7 Å². The number of hydrogen-bond donors (Lipinski definition) is 3. The van der Waals surface area contributed by atoms with Gasteiger partial charge in [0.2, 0.25) is 11.6 Å². The lowest BCUT2D eigenvalue weighted by Gasteiger charge is -2.24. The summed E-state index contributed by atoms with van der Waals surface area (Å²) in [6.07, 6.45) is 4.49. The van der Waals surface area contributed by atoms with Gasteiger partial charge in [-0.2, -0.15) is 9.97 Å². The van der Waals surface area contributed by atoms with E-state index in [9.17, 15) is 10.2 Å². The van der Waals surface area contributed by atoms with Gasteiger partial charge in [0.1, 0.15) is 12.2 Å². The molecule has 1 aliphatic heterocycles. The minimum atomic E-state index is -2.55. The number of alkyl halides is 1. The van der Waals surface area contributed by atoms with Gasteiger partial charge < -0.3 is 25.6 Å². The van der Waals surface area contributed by atoms with Gasteiger partial charge in [-0.1, -0.05) is 5.92 Å². The van der Waals surface area contributed by atoms with Crippen LogP contribution >= 0.6 is 0 Å². The number of hydrogen-bond acceptors (Lipinski definition) is 8. The molecular weight excluding hydrogens is 343 g/mol. The third-order valence-electron chi connectivity index (χ3n) is 4.95. The number of rotatable bonds is 4. The summed E-state index contributed by atoms with van der Waals surface area (Å²) in [4.78, 5) is 14.7. The van der Waals surface area contributed by atoms with Crippen LogP contribution in [0, 0.1) is 12.3 Å². The fourth-order valence-corrected chi connectivity index (χ4v) is 3.29. The molecule has 2 aromatic rings. The van der Waals surface area contributed by atoms with Gasteiger partial charge in [0, 0.05) is 13.1 Å². The van der Waals surface area contributed by atoms with Crippen LogP contribution in [0.1, 0.15) is 19.1 Å². The van der Waals surface area contributed by atoms with Crippen molar-refractivity contribution in [3.63, 3.8) is 0 Å². The summed E-state index contributed by atoms with van der Waals surface area (Å²) >= 11 is 0. The first-order valence-corrected chi connectivity index (χ1v) is 8.24. The first-order chi connectivity index (χ1) is 12.4. The molecule has 4 atom stereocenters. The number of imidazole rings is 1. The van der Waals surface area contributed by atoms with Crippen LogP contribution in [-0.2, 0) is 4.74 Å². The Bertz CT molecular complexity index is 894. The van der Waals surface area contributed by atoms with Crippen molar-refractivity contribution in [2.24, 2.45) is 0 Å². The summed E-state index contributed by atoms with van der Waals surface area (Å²) in [5, 5.41) is 19.5. The molecule has 2 aromatic heterocycles. The molecule has 4 rings (SSSR count). The van der Waals surface area contributed by atoms with Gasteiger partial charge >= 0.3 is 0 Å². The molecule has 0 radical (unpaired) electrons. The summed E-state index contributed by atoms with van der Waals surface area (Å²) < 4.78 is 22.0. The maximum Gasteiger partial charge on any atom is 0.243 e. The molecule has 4 N–H and O–H groups in total. The third-order valence-corrected chi connectivity index (χ3v) is 4.95. The smallest absolute Gasteiger partial charge is 0.243 e. The van der Waals surface area contributed by atoms with Crippen LogP contribution < -0.4 is 10.6 Å². The van der Waals surface area contributed by atoms with Gasteiger partial charge in [-0.15, -0.1) is 6.42 Å². The number of nitrogen functional groups attached to an aromatic ring is 1. The van der Waals surface area contributed by atoms with E-state index in [1.54, 1.807) is 0 Å². The first-order valence-electron chi connectivity index (χ1n) is 8.24. The molecule has 0 amide bonds. The number of anilines is 2. The summed E-state index contributed by atoms with van der Waals surface area (Å²) in [6, 6.07) is 0.354. The SMILES string of the molecule is C#C[C@@]1(F)[C@H](O)[C@@H](CO)O[C@H]1n1cnc2c(N(C)C3CC3)nc(N)nc21. The van der Waals surface area contributed by atoms with E-state index in [1.165, 1.54) is 10.9 Å². The van der Waals surface area contributed by atoms with Gasteiger partial charge in [-0.3, -0.25) is 4.57 Å². The van der Waals surface area contributed by atoms with Crippen molar-refractivity contribution < 1.29 is 19.3 Å². The van der Waals surface area contributed by atoms with Crippen LogP contribution in [0.25, 0.3) is 11.2 Å². The third kappa shape index (κ3) is 2.32. The highest BCUT2D eigenvalue weighted by molar-refractivity contribution is 5.85. The Hall–Kier alpha value is -2.48. The number of aliphatic hydroxyl groups is 2. The molecule has 0 unspecified atom stereocenters. The lowest BCUT2D eigenvalue weighted by molar-refractivity contribution is -0.0504. The highest BCUT2D eigenvalue weighted by Crippen LogP contribution is 2.43. The number of aromatic nitrogens is 4. The van der Waals surface area contributed by atoms with E-state index in [4.69, 9.17) is 16.9 Å². The fourth-order valence-electron chi connectivity index (χ4n) is 3.29. The van der Waals surface area contributed by atoms with Crippen molar-refractivity contribution >= 4 is 22.9 Å². The number of aliphatic hydroxyl groups excluding tert-OH is 2. The molecule has 2 fully saturated rings. The van der Waals surface area contributed by atoms with E-state index >= 15 is 4.39 Å². The molecular formula is C16H19FN6O3. The highest BCUT2D eigenvalue weighted by atomic mass is 19.1. The standard InChI is InChI=1S/C16H19FN6O3/c1-3-16(17)11(25)9(6-24)26-14(16)23-7-19-10-12(22(2)8-4-5-8)20-15(18)21-13(10)23/h1,7-9,11,14,24-25H,4-6H2,2H3,(H2,18,20,21)/t9-,11-,14-,16-/m1/s1. The van der Waals surface area contributed by atoms with Crippen LogP contribution in [0.15, 0.2) is 6.33 Å². The van der Waals surface area contributed by atoms with Crippen LogP contribution in [0.5, 0.6) is 0 Å². The predicted octanol–water partition coefficient (Wildman–Crippen LogP) is -0.401. The molecule has 0 spiro atoms. The van der Waals surface area contributed by atoms with Crippen LogP contribution in [-0.4, -0.2) is 67.3 Å². The zero-order valence-corrected chi connectivity index (χ0v) is 14.1. The molecule has 1 aliphatic carbocycles. The number of halogens is 1. The monoisotopic (exact) mass is 362 g/mol. The van der Waals surface area contributed by atoms with Crippen molar-refractivity contribution in [1.29, 1.82) is 0 Å². The molecule has 26 heavy (non-hydrogen) atoms. The van der Waals surface area contributed by atoms with Crippen molar-refractivity contribution in [3.8, 4) is 12.3 Å². The predicted molar refractivity (Wildman–Crippen MR) is 90.8 cm³/mol. The Balaban J connectivity index is 1.84. The molecule has 9 nitrogen and oxygen atoms in total. The average Bonchev–Trinajstić information content (AvgIpc) is 3.36. The number of fused-ring (bicyclic) bond motifs is 1. The Kier molecular flexibility index (Phi) is 3.76. The van der Waals surface area contributed by atoms with Gasteiger partial charge in [-0.25, -0.2) is 9.37 Å². The first kappa shape index (κ1) is 17.0. The summed E-state index contributed by atoms with van der Waals surface area (Å²) in [5.74, 6) is 2.49. The van der Waals surface area contributed by atoms with Crippen molar-refractivity contribution in [1.82, 2.24) is 19.5 Å². The summed E-state index contributed by atoms with van der Waals surface area (Å²) in [6.45, 7) is -0.579. The quantitative estimate of drug-likeness (QED) is 0.628. The van der Waals surface area contributed by atoms with Gasteiger partial charge in [0.05, 0.1) is 12.9 Å². The number of terminal acetylenes is 1. The second-order valence-electron chi connectivity index (χ2n) is 6.64. The lowest BCUT2D eigenvalue weighted by atomic mass is 9.97. The minimum Gasteiger partial charge on any atom is -0.394 e. The van der Waals surface area contributed by atoms with E-state index in [1.807, 2.05) is 17.9 Å². The van der Waals surface area contributed by atoms with Crippen LogP contribution in [0.3, 0.4) is 0 Å². The van der Waals surface area contributed by atoms with E-state index in [0.29, 0.717) is 17.4 Å². The molecule has 1 saturated carbocycles. The second kappa shape index (κ2) is 5.77. The number of ether oxygens (including phenoxy) is 1. The van der Waals surface area contributed by atoms with Crippen LogP contribution in [0.2, 0.25) is 0 Å². The summed E-state index contributed by atoms with van der Waals surface area (Å²) in [7, 11) is 1.89. The molecule has 1 saturated heterocycles. The van der Waals surface area contributed by atoms with E-state index in [-0.39, 0.29) is 11.6 Å². The van der Waals surface area contributed by atoms with Crippen LogP contribution in [0.4, 0.5) is 16.2 Å². The molecule has 3 heterocycles. The molecule has 0 bridgehead atoms. The van der Waals surface area contributed by atoms with Gasteiger partial charge in [0.15, 0.2) is 23.2 Å². The Morgan fingerprint density at radius 3 is 2.88 bits per heavy atom. The van der Waals surface area contributed by atoms with Gasteiger partial charge in [-0.05, 0) is 12.8 Å². The maximum atomic E-state index is 15.3.